The second kappa shape index (κ2) is 7.06. The van der Waals surface area contributed by atoms with Gasteiger partial charge in [-0.05, 0) is 59.7 Å². The van der Waals surface area contributed by atoms with Gasteiger partial charge in [0.15, 0.2) is 0 Å². The molecular weight excluding hydrogens is 405 g/mol. The molecule has 1 aliphatic heterocycles. The number of halogens is 1. The quantitative estimate of drug-likeness (QED) is 0.551. The minimum absolute atomic E-state index is 0.111. The molecule has 0 bridgehead atoms. The fraction of sp³-hybridized carbons (Fsp3) is 0.500. The zero-order chi connectivity index (χ0) is 15.5. The number of hydrogen-bond acceptors (Lipinski definition) is 4. The van der Waals surface area contributed by atoms with E-state index in [2.05, 4.69) is 27.3 Å². The van der Waals surface area contributed by atoms with Crippen LogP contribution in [0.1, 0.15) is 25.7 Å². The topological polar surface area (TPSA) is 63.7 Å². The van der Waals surface area contributed by atoms with Crippen molar-refractivity contribution in [2.75, 3.05) is 13.7 Å². The molecule has 0 N–H and O–H groups in total. The van der Waals surface area contributed by atoms with E-state index in [9.17, 15) is 13.2 Å². The number of carbonyl (C=O) groups is 1. The highest BCUT2D eigenvalue weighted by Crippen LogP contribution is 2.27. The van der Waals surface area contributed by atoms with E-state index < -0.39 is 10.0 Å². The zero-order valence-corrected chi connectivity index (χ0v) is 14.8. The highest BCUT2D eigenvalue weighted by Gasteiger charge is 2.34. The van der Waals surface area contributed by atoms with Gasteiger partial charge < -0.3 is 4.74 Å². The second-order valence-electron chi connectivity index (χ2n) is 5.00. The molecule has 0 amide bonds. The van der Waals surface area contributed by atoms with E-state index in [0.29, 0.717) is 13.0 Å². The molecule has 1 aliphatic rings. The number of benzene rings is 1. The molecule has 1 fully saturated rings. The first-order chi connectivity index (χ1) is 9.95. The molecular formula is C14H18INO4S. The first-order valence-corrected chi connectivity index (χ1v) is 9.31. The number of rotatable bonds is 4. The van der Waals surface area contributed by atoms with Gasteiger partial charge in [-0.25, -0.2) is 8.42 Å². The highest BCUT2D eigenvalue weighted by molar-refractivity contribution is 14.1. The maximum absolute atomic E-state index is 12.8. The van der Waals surface area contributed by atoms with Crippen LogP contribution in [-0.4, -0.2) is 38.4 Å². The standard InChI is InChI=1S/C14H18INO4S/c1-20-14(17)10-12-4-2-3-9-16(12)21(18,19)13-7-5-11(15)6-8-13/h5-8,12H,2-4,9-10H2,1H3. The van der Waals surface area contributed by atoms with Crippen molar-refractivity contribution in [1.82, 2.24) is 4.31 Å². The predicted octanol–water partition coefficient (Wildman–Crippen LogP) is 2.40. The van der Waals surface area contributed by atoms with Crippen LogP contribution in [0.15, 0.2) is 29.2 Å². The molecule has 0 radical (unpaired) electrons. The summed E-state index contributed by atoms with van der Waals surface area (Å²) >= 11 is 2.13. The van der Waals surface area contributed by atoms with E-state index in [0.717, 1.165) is 16.4 Å². The Bertz CT molecular complexity index is 600. The monoisotopic (exact) mass is 423 g/mol. The van der Waals surface area contributed by atoms with Crippen molar-refractivity contribution in [3.63, 3.8) is 0 Å². The Hall–Kier alpha value is -0.670. The van der Waals surface area contributed by atoms with Crippen LogP contribution in [0.3, 0.4) is 0 Å². The fourth-order valence-electron chi connectivity index (χ4n) is 2.51. The molecule has 0 saturated carbocycles. The summed E-state index contributed by atoms with van der Waals surface area (Å²) in [7, 11) is -2.24. The summed E-state index contributed by atoms with van der Waals surface area (Å²) in [6.45, 7) is 0.454. The summed E-state index contributed by atoms with van der Waals surface area (Å²) in [6.07, 6.45) is 2.56. The molecule has 2 rings (SSSR count). The SMILES string of the molecule is COC(=O)CC1CCCCN1S(=O)(=O)c1ccc(I)cc1. The zero-order valence-electron chi connectivity index (χ0n) is 11.8. The molecule has 1 unspecified atom stereocenters. The number of carbonyl (C=O) groups excluding carboxylic acids is 1. The van der Waals surface area contributed by atoms with Gasteiger partial charge in [-0.3, -0.25) is 4.79 Å². The number of ether oxygens (including phenoxy) is 1. The van der Waals surface area contributed by atoms with Gasteiger partial charge in [-0.2, -0.15) is 4.31 Å². The lowest BCUT2D eigenvalue weighted by Crippen LogP contribution is -2.44. The van der Waals surface area contributed by atoms with Crippen LogP contribution in [0.4, 0.5) is 0 Å². The first kappa shape index (κ1) is 16.7. The Morgan fingerprint density at radius 3 is 2.62 bits per heavy atom. The van der Waals surface area contributed by atoms with Gasteiger partial charge in [0.1, 0.15) is 0 Å². The lowest BCUT2D eigenvalue weighted by Gasteiger charge is -2.34. The van der Waals surface area contributed by atoms with E-state index >= 15 is 0 Å². The molecule has 5 nitrogen and oxygen atoms in total. The largest absolute Gasteiger partial charge is 0.469 e. The average molecular weight is 423 g/mol. The number of hydrogen-bond donors (Lipinski definition) is 0. The van der Waals surface area contributed by atoms with Crippen LogP contribution in [-0.2, 0) is 19.6 Å². The molecule has 0 spiro atoms. The Morgan fingerprint density at radius 1 is 1.33 bits per heavy atom. The van der Waals surface area contributed by atoms with Crippen LogP contribution in [0, 0.1) is 3.57 Å². The maximum atomic E-state index is 12.8. The van der Waals surface area contributed by atoms with Gasteiger partial charge in [0.05, 0.1) is 18.4 Å². The van der Waals surface area contributed by atoms with Crippen molar-refractivity contribution < 1.29 is 17.9 Å². The molecule has 1 aromatic carbocycles. The van der Waals surface area contributed by atoms with Gasteiger partial charge in [-0.15, -0.1) is 0 Å². The molecule has 1 saturated heterocycles. The molecule has 7 heteroatoms. The van der Waals surface area contributed by atoms with Crippen LogP contribution < -0.4 is 0 Å². The smallest absolute Gasteiger partial charge is 0.307 e. The maximum Gasteiger partial charge on any atom is 0.307 e. The van der Waals surface area contributed by atoms with Gasteiger partial charge in [0.2, 0.25) is 10.0 Å². The average Bonchev–Trinajstić information content (AvgIpc) is 2.48. The Balaban J connectivity index is 2.27. The van der Waals surface area contributed by atoms with Crippen molar-refractivity contribution in [3.8, 4) is 0 Å². The van der Waals surface area contributed by atoms with Gasteiger partial charge in [0.25, 0.3) is 0 Å². The van der Waals surface area contributed by atoms with Crippen molar-refractivity contribution in [2.24, 2.45) is 0 Å². The van der Waals surface area contributed by atoms with Gasteiger partial charge in [-0.1, -0.05) is 6.42 Å². The minimum Gasteiger partial charge on any atom is -0.469 e. The van der Waals surface area contributed by atoms with E-state index in [-0.39, 0.29) is 23.3 Å². The lowest BCUT2D eigenvalue weighted by atomic mass is 10.0. The van der Waals surface area contributed by atoms with E-state index in [1.807, 2.05) is 0 Å². The second-order valence-corrected chi connectivity index (χ2v) is 8.14. The van der Waals surface area contributed by atoms with E-state index in [1.54, 1.807) is 24.3 Å². The van der Waals surface area contributed by atoms with E-state index in [1.165, 1.54) is 11.4 Å². The van der Waals surface area contributed by atoms with Crippen molar-refractivity contribution in [1.29, 1.82) is 0 Å². The Labute approximate surface area is 138 Å². The summed E-state index contributed by atoms with van der Waals surface area (Å²) in [5.41, 5.74) is 0. The Kier molecular flexibility index (Phi) is 5.61. The molecule has 116 valence electrons. The summed E-state index contributed by atoms with van der Waals surface area (Å²) in [5.74, 6) is -0.371. The predicted molar refractivity (Wildman–Crippen MR) is 87.3 cm³/mol. The van der Waals surface area contributed by atoms with Gasteiger partial charge >= 0.3 is 5.97 Å². The first-order valence-electron chi connectivity index (χ1n) is 6.79. The summed E-state index contributed by atoms with van der Waals surface area (Å²) < 4.78 is 32.6. The Morgan fingerprint density at radius 2 is 2.00 bits per heavy atom. The minimum atomic E-state index is -3.56. The molecule has 0 aliphatic carbocycles. The molecule has 1 heterocycles. The normalized spacial score (nSPS) is 20.2. The number of nitrogens with zero attached hydrogens (tertiary/aromatic N) is 1. The molecule has 0 aromatic heterocycles. The third-order valence-corrected chi connectivity index (χ3v) is 6.31. The molecule has 1 aromatic rings. The van der Waals surface area contributed by atoms with E-state index in [4.69, 9.17) is 0 Å². The summed E-state index contributed by atoms with van der Waals surface area (Å²) in [6, 6.07) is 6.46. The van der Waals surface area contributed by atoms with Crippen molar-refractivity contribution >= 4 is 38.6 Å². The van der Waals surface area contributed by atoms with Gasteiger partial charge in [0, 0.05) is 16.2 Å². The molecule has 1 atom stereocenters. The number of sulfonamides is 1. The number of esters is 1. The van der Waals surface area contributed by atoms with Crippen molar-refractivity contribution in [2.45, 2.75) is 36.6 Å². The third-order valence-electron chi connectivity index (χ3n) is 3.62. The van der Waals surface area contributed by atoms with Crippen molar-refractivity contribution in [3.05, 3.63) is 27.8 Å². The number of methoxy groups -OCH3 is 1. The fourth-order valence-corrected chi connectivity index (χ4v) is 4.56. The third kappa shape index (κ3) is 3.95. The van der Waals surface area contributed by atoms with Crippen LogP contribution in [0.5, 0.6) is 0 Å². The van der Waals surface area contributed by atoms with Crippen LogP contribution in [0.2, 0.25) is 0 Å². The molecule has 21 heavy (non-hydrogen) atoms. The number of piperidine rings is 1. The van der Waals surface area contributed by atoms with Crippen LogP contribution in [0.25, 0.3) is 0 Å². The lowest BCUT2D eigenvalue weighted by molar-refractivity contribution is -0.141. The van der Waals surface area contributed by atoms with Crippen LogP contribution >= 0.6 is 22.6 Å². The highest BCUT2D eigenvalue weighted by atomic mass is 127. The summed E-state index contributed by atoms with van der Waals surface area (Å²) in [5, 5.41) is 0. The summed E-state index contributed by atoms with van der Waals surface area (Å²) in [4.78, 5) is 11.8.